The predicted octanol–water partition coefficient (Wildman–Crippen LogP) is 3.99. The van der Waals surface area contributed by atoms with E-state index in [1.54, 1.807) is 49.6 Å². The topological polar surface area (TPSA) is 88.8 Å². The van der Waals surface area contributed by atoms with Crippen molar-refractivity contribution in [2.45, 2.75) is 0 Å². The van der Waals surface area contributed by atoms with Gasteiger partial charge in [-0.2, -0.15) is 5.26 Å². The van der Waals surface area contributed by atoms with Crippen molar-refractivity contribution in [3.05, 3.63) is 52.0 Å². The summed E-state index contributed by atoms with van der Waals surface area (Å²) in [5, 5.41) is 18.2. The lowest BCUT2D eigenvalue weighted by molar-refractivity contribution is -0.139. The van der Waals surface area contributed by atoms with Crippen LogP contribution in [0.3, 0.4) is 0 Å². The Labute approximate surface area is 159 Å². The van der Waals surface area contributed by atoms with Crippen molar-refractivity contribution in [3.8, 4) is 23.3 Å². The van der Waals surface area contributed by atoms with Gasteiger partial charge in [-0.15, -0.1) is 0 Å². The fourth-order valence-corrected chi connectivity index (χ4v) is 2.72. The summed E-state index contributed by atoms with van der Waals surface area (Å²) in [7, 11) is 3.08. The van der Waals surface area contributed by atoms with Crippen LogP contribution in [0.25, 0.3) is 11.6 Å². The van der Waals surface area contributed by atoms with Gasteiger partial charge in [-0.25, -0.2) is 4.79 Å². The van der Waals surface area contributed by atoms with Crippen LogP contribution in [0.5, 0.6) is 17.2 Å². The number of nitrogens with zero attached hydrogens (tertiary/aromatic N) is 1. The standard InChI is InChI=1S/C19H16BrNO5/c1-24-17-6-4-13(9-18(17)25-2)14(10-21)7-12-3-5-16(15(20)8-12)26-11-19(22)23/h3-9H,11H2,1-2H3,(H,22,23)/b14-7+. The van der Waals surface area contributed by atoms with E-state index in [2.05, 4.69) is 22.0 Å². The Morgan fingerprint density at radius 2 is 1.85 bits per heavy atom. The van der Waals surface area contributed by atoms with Gasteiger partial charge in [0.25, 0.3) is 0 Å². The van der Waals surface area contributed by atoms with Crippen LogP contribution in [0.1, 0.15) is 11.1 Å². The highest BCUT2D eigenvalue weighted by Gasteiger charge is 2.09. The molecule has 0 amide bonds. The van der Waals surface area contributed by atoms with Gasteiger partial charge >= 0.3 is 5.97 Å². The minimum atomic E-state index is -1.05. The highest BCUT2D eigenvalue weighted by atomic mass is 79.9. The number of hydrogen-bond acceptors (Lipinski definition) is 5. The van der Waals surface area contributed by atoms with Gasteiger partial charge in [-0.3, -0.25) is 0 Å². The molecule has 2 rings (SSSR count). The van der Waals surface area contributed by atoms with E-state index in [0.29, 0.717) is 32.9 Å². The van der Waals surface area contributed by atoms with Crippen molar-refractivity contribution in [2.24, 2.45) is 0 Å². The summed E-state index contributed by atoms with van der Waals surface area (Å²) in [5.41, 5.74) is 1.88. The number of benzene rings is 2. The summed E-state index contributed by atoms with van der Waals surface area (Å²) in [6.07, 6.45) is 1.72. The molecule has 0 spiro atoms. The zero-order valence-electron chi connectivity index (χ0n) is 14.2. The lowest BCUT2D eigenvalue weighted by atomic mass is 10.0. The minimum absolute atomic E-state index is 0.411. The molecule has 134 valence electrons. The number of nitriles is 1. The highest BCUT2D eigenvalue weighted by Crippen LogP contribution is 2.32. The van der Waals surface area contributed by atoms with Crippen molar-refractivity contribution in [1.29, 1.82) is 5.26 Å². The fraction of sp³-hybridized carbons (Fsp3) is 0.158. The number of carboxylic acids is 1. The number of allylic oxidation sites excluding steroid dienone is 1. The van der Waals surface area contributed by atoms with Crippen molar-refractivity contribution in [1.82, 2.24) is 0 Å². The molecule has 0 radical (unpaired) electrons. The number of carboxylic acid groups (broad SMARTS) is 1. The smallest absolute Gasteiger partial charge is 0.341 e. The SMILES string of the molecule is COc1ccc(/C(C#N)=C/c2ccc(OCC(=O)O)c(Br)c2)cc1OC. The van der Waals surface area contributed by atoms with Crippen LogP contribution >= 0.6 is 15.9 Å². The Morgan fingerprint density at radius 1 is 1.15 bits per heavy atom. The van der Waals surface area contributed by atoms with E-state index in [4.69, 9.17) is 19.3 Å². The number of halogens is 1. The quantitative estimate of drug-likeness (QED) is 0.540. The highest BCUT2D eigenvalue weighted by molar-refractivity contribution is 9.10. The third-order valence-electron chi connectivity index (χ3n) is 3.43. The van der Waals surface area contributed by atoms with Gasteiger partial charge in [0.2, 0.25) is 0 Å². The van der Waals surface area contributed by atoms with Crippen molar-refractivity contribution in [3.63, 3.8) is 0 Å². The van der Waals surface area contributed by atoms with E-state index < -0.39 is 12.6 Å². The first-order valence-electron chi connectivity index (χ1n) is 7.46. The third kappa shape index (κ3) is 4.77. The van der Waals surface area contributed by atoms with Crippen LogP contribution in [0.15, 0.2) is 40.9 Å². The van der Waals surface area contributed by atoms with Crippen molar-refractivity contribution >= 4 is 33.5 Å². The maximum Gasteiger partial charge on any atom is 0.341 e. The first kappa shape index (κ1) is 19.3. The molecule has 0 aliphatic carbocycles. The zero-order valence-corrected chi connectivity index (χ0v) is 15.7. The van der Waals surface area contributed by atoms with Crippen LogP contribution in [0.4, 0.5) is 0 Å². The van der Waals surface area contributed by atoms with Gasteiger partial charge in [0.15, 0.2) is 18.1 Å². The number of methoxy groups -OCH3 is 2. The van der Waals surface area contributed by atoms with Gasteiger partial charge in [0.05, 0.1) is 30.3 Å². The molecule has 0 fully saturated rings. The second kappa shape index (κ2) is 8.92. The Balaban J connectivity index is 2.33. The van der Waals surface area contributed by atoms with Gasteiger partial charge < -0.3 is 19.3 Å². The molecule has 2 aromatic rings. The summed E-state index contributed by atoms with van der Waals surface area (Å²) in [5.74, 6) is 0.469. The van der Waals surface area contributed by atoms with E-state index in [1.807, 2.05) is 0 Å². The van der Waals surface area contributed by atoms with Crippen LogP contribution in [-0.4, -0.2) is 31.9 Å². The van der Waals surface area contributed by atoms with E-state index >= 15 is 0 Å². The molecule has 2 aromatic carbocycles. The van der Waals surface area contributed by atoms with Gasteiger partial charge in [0, 0.05) is 0 Å². The zero-order chi connectivity index (χ0) is 19.1. The average Bonchev–Trinajstić information content (AvgIpc) is 2.64. The number of carbonyl (C=O) groups is 1. The minimum Gasteiger partial charge on any atom is -0.493 e. The Morgan fingerprint density at radius 3 is 2.42 bits per heavy atom. The molecule has 0 saturated heterocycles. The molecule has 0 unspecified atom stereocenters. The predicted molar refractivity (Wildman–Crippen MR) is 100 cm³/mol. The summed E-state index contributed by atoms with van der Waals surface area (Å²) >= 11 is 3.34. The maximum atomic E-state index is 10.6. The largest absolute Gasteiger partial charge is 0.493 e. The third-order valence-corrected chi connectivity index (χ3v) is 4.05. The molecule has 0 aromatic heterocycles. The summed E-state index contributed by atoms with van der Waals surface area (Å²) < 4.78 is 16.2. The number of hydrogen-bond donors (Lipinski definition) is 1. The second-order valence-electron chi connectivity index (χ2n) is 5.11. The molecule has 0 heterocycles. The Bertz CT molecular complexity index is 886. The first-order valence-corrected chi connectivity index (χ1v) is 8.26. The average molecular weight is 418 g/mol. The fourth-order valence-electron chi connectivity index (χ4n) is 2.21. The van der Waals surface area contributed by atoms with Crippen LogP contribution in [-0.2, 0) is 4.79 Å². The lowest BCUT2D eigenvalue weighted by Crippen LogP contribution is -2.09. The van der Waals surface area contributed by atoms with Gasteiger partial charge in [0.1, 0.15) is 5.75 Å². The van der Waals surface area contributed by atoms with Crippen molar-refractivity contribution < 1.29 is 24.1 Å². The van der Waals surface area contributed by atoms with Crippen LogP contribution < -0.4 is 14.2 Å². The number of ether oxygens (including phenoxy) is 3. The lowest BCUT2D eigenvalue weighted by Gasteiger charge is -2.09. The van der Waals surface area contributed by atoms with Crippen LogP contribution in [0.2, 0.25) is 0 Å². The maximum absolute atomic E-state index is 10.6. The molecule has 0 saturated carbocycles. The number of rotatable bonds is 7. The van der Waals surface area contributed by atoms with E-state index in [9.17, 15) is 10.1 Å². The molecule has 26 heavy (non-hydrogen) atoms. The molecule has 6 nitrogen and oxygen atoms in total. The molecule has 1 N–H and O–H groups in total. The molecule has 0 atom stereocenters. The molecular formula is C19H16BrNO5. The molecule has 0 aliphatic heterocycles. The molecular weight excluding hydrogens is 402 g/mol. The van der Waals surface area contributed by atoms with E-state index in [-0.39, 0.29) is 0 Å². The summed E-state index contributed by atoms with van der Waals surface area (Å²) in [4.78, 5) is 10.6. The van der Waals surface area contributed by atoms with Crippen LogP contribution in [0, 0.1) is 11.3 Å². The second-order valence-corrected chi connectivity index (χ2v) is 5.97. The normalized spacial score (nSPS) is 10.8. The monoisotopic (exact) mass is 417 g/mol. The van der Waals surface area contributed by atoms with E-state index in [0.717, 1.165) is 5.56 Å². The molecule has 0 aliphatic rings. The first-order chi connectivity index (χ1) is 12.5. The number of aliphatic carboxylic acids is 1. The molecule has 7 heteroatoms. The van der Waals surface area contributed by atoms with Gasteiger partial charge in [-0.1, -0.05) is 6.07 Å². The Hall–Kier alpha value is -2.98. The van der Waals surface area contributed by atoms with E-state index in [1.165, 1.54) is 7.11 Å². The molecule has 0 bridgehead atoms. The van der Waals surface area contributed by atoms with Crippen molar-refractivity contribution in [2.75, 3.05) is 20.8 Å². The van der Waals surface area contributed by atoms with Gasteiger partial charge in [-0.05, 0) is 63.5 Å². The summed E-state index contributed by atoms with van der Waals surface area (Å²) in [6.45, 7) is -0.428. The Kier molecular flexibility index (Phi) is 6.64. The summed E-state index contributed by atoms with van der Waals surface area (Å²) in [6, 6.07) is 12.5.